The molecule has 1 fully saturated rings. The monoisotopic (exact) mass is 460 g/mol. The van der Waals surface area contributed by atoms with Crippen LogP contribution in [0.3, 0.4) is 0 Å². The zero-order valence-corrected chi connectivity index (χ0v) is 18.8. The number of rotatable bonds is 12. The second kappa shape index (κ2) is 11.2. The molecule has 1 aliphatic rings. The molecule has 0 aliphatic carbocycles. The zero-order chi connectivity index (χ0) is 23.0. The first kappa shape index (κ1) is 23.9. The van der Waals surface area contributed by atoms with Gasteiger partial charge in [0.1, 0.15) is 17.7 Å². The number of likely N-dealkylation sites (tertiary alicyclic amines) is 1. The molecule has 1 heterocycles. The molecule has 3 rings (SSSR count). The highest BCUT2D eigenvalue weighted by molar-refractivity contribution is 7.91. The van der Waals surface area contributed by atoms with Crippen LogP contribution in [0.5, 0.6) is 0 Å². The number of nitrogens with zero attached hydrogens (tertiary/aromatic N) is 1. The van der Waals surface area contributed by atoms with E-state index in [1.165, 1.54) is 12.1 Å². The first-order valence-corrected chi connectivity index (χ1v) is 12.6. The van der Waals surface area contributed by atoms with E-state index in [1.807, 2.05) is 6.07 Å². The molecule has 1 N–H and O–H groups in total. The molecule has 0 aromatic heterocycles. The van der Waals surface area contributed by atoms with E-state index < -0.39 is 15.2 Å². The number of sulfone groups is 1. The summed E-state index contributed by atoms with van der Waals surface area (Å²) in [6.45, 7) is 0.251. The van der Waals surface area contributed by atoms with Gasteiger partial charge in [-0.1, -0.05) is 55.3 Å². The average Bonchev–Trinajstić information content (AvgIpc) is 2.76. The molecule has 2 aromatic carbocycles. The minimum Gasteiger partial charge on any atom is -0.355 e. The number of aryl methyl sites for hydroxylation is 1. The van der Waals surface area contributed by atoms with Crippen molar-refractivity contribution in [2.45, 2.75) is 49.7 Å². The maximum Gasteiger partial charge on any atom is 0.239 e. The summed E-state index contributed by atoms with van der Waals surface area (Å²) >= 11 is 0. The van der Waals surface area contributed by atoms with Gasteiger partial charge in [0.25, 0.3) is 0 Å². The van der Waals surface area contributed by atoms with Gasteiger partial charge in [-0.15, -0.1) is 0 Å². The molecule has 1 atom stereocenters. The number of amides is 2. The summed E-state index contributed by atoms with van der Waals surface area (Å²) < 4.78 is 38.2. The summed E-state index contributed by atoms with van der Waals surface area (Å²) in [5.41, 5.74) is 1.77. The molecule has 1 aliphatic heterocycles. The zero-order valence-electron chi connectivity index (χ0n) is 18.0. The van der Waals surface area contributed by atoms with Crippen molar-refractivity contribution < 1.29 is 22.4 Å². The molecule has 2 aromatic rings. The van der Waals surface area contributed by atoms with Crippen LogP contribution in [-0.4, -0.2) is 43.6 Å². The smallest absolute Gasteiger partial charge is 0.239 e. The maximum absolute atomic E-state index is 12.9. The molecule has 172 valence electrons. The van der Waals surface area contributed by atoms with Crippen molar-refractivity contribution in [3.05, 3.63) is 71.5 Å². The second-order valence-electron chi connectivity index (χ2n) is 8.11. The summed E-state index contributed by atoms with van der Waals surface area (Å²) in [5.74, 6) is -1.04. The normalized spacial score (nSPS) is 16.0. The Balaban J connectivity index is 1.33. The molecule has 1 saturated heterocycles. The third kappa shape index (κ3) is 6.88. The van der Waals surface area contributed by atoms with Gasteiger partial charge in [-0.3, -0.25) is 9.59 Å². The molecule has 0 bridgehead atoms. The predicted molar refractivity (Wildman–Crippen MR) is 121 cm³/mol. The van der Waals surface area contributed by atoms with E-state index >= 15 is 0 Å². The topological polar surface area (TPSA) is 83.6 Å². The van der Waals surface area contributed by atoms with Crippen LogP contribution in [0.4, 0.5) is 4.39 Å². The van der Waals surface area contributed by atoms with Crippen molar-refractivity contribution in [3.8, 4) is 0 Å². The Morgan fingerprint density at radius 3 is 2.34 bits per heavy atom. The van der Waals surface area contributed by atoms with Crippen LogP contribution >= 0.6 is 0 Å². The van der Waals surface area contributed by atoms with Crippen molar-refractivity contribution in [1.29, 1.82) is 0 Å². The molecular formula is C24H29FN2O4S. The Morgan fingerprint density at radius 2 is 1.66 bits per heavy atom. The van der Waals surface area contributed by atoms with E-state index in [2.05, 4.69) is 5.32 Å². The Labute approximate surface area is 188 Å². The summed E-state index contributed by atoms with van der Waals surface area (Å²) in [6.07, 6.45) is 4.55. The molecule has 1 unspecified atom stereocenters. The summed E-state index contributed by atoms with van der Waals surface area (Å²) in [7, 11) is -3.56. The Kier molecular flexibility index (Phi) is 8.39. The quantitative estimate of drug-likeness (QED) is 0.389. The van der Waals surface area contributed by atoms with Gasteiger partial charge < -0.3 is 10.2 Å². The second-order valence-corrected chi connectivity index (χ2v) is 10.3. The van der Waals surface area contributed by atoms with Crippen LogP contribution in [0.2, 0.25) is 0 Å². The van der Waals surface area contributed by atoms with Crippen molar-refractivity contribution in [2.75, 3.05) is 13.1 Å². The minimum atomic E-state index is -3.56. The van der Waals surface area contributed by atoms with Crippen LogP contribution < -0.4 is 5.32 Å². The summed E-state index contributed by atoms with van der Waals surface area (Å²) in [4.78, 5) is 25.3. The number of halogens is 1. The fraction of sp³-hybridized carbons (Fsp3) is 0.417. The van der Waals surface area contributed by atoms with Gasteiger partial charge in [-0.2, -0.15) is 0 Å². The van der Waals surface area contributed by atoms with E-state index in [9.17, 15) is 22.4 Å². The van der Waals surface area contributed by atoms with E-state index in [1.54, 1.807) is 36.4 Å². The lowest BCUT2D eigenvalue weighted by Gasteiger charge is -2.39. The first-order valence-electron chi connectivity index (χ1n) is 10.9. The predicted octanol–water partition coefficient (Wildman–Crippen LogP) is 3.22. The van der Waals surface area contributed by atoms with Gasteiger partial charge in [-0.05, 0) is 42.5 Å². The van der Waals surface area contributed by atoms with Crippen LogP contribution in [-0.2, 0) is 31.6 Å². The summed E-state index contributed by atoms with van der Waals surface area (Å²) in [6, 6.07) is 15.3. The fourth-order valence-electron chi connectivity index (χ4n) is 3.74. The van der Waals surface area contributed by atoms with Gasteiger partial charge in [0, 0.05) is 6.54 Å². The highest BCUT2D eigenvalue weighted by Gasteiger charge is 2.45. The average molecular weight is 461 g/mol. The van der Waals surface area contributed by atoms with Gasteiger partial charge >= 0.3 is 0 Å². The number of hydrogen-bond acceptors (Lipinski definition) is 4. The lowest BCUT2D eigenvalue weighted by atomic mass is 10.1. The van der Waals surface area contributed by atoms with Crippen molar-refractivity contribution in [1.82, 2.24) is 10.2 Å². The first-order chi connectivity index (χ1) is 15.3. The molecular weight excluding hydrogens is 431 g/mol. The molecule has 0 saturated carbocycles. The molecule has 32 heavy (non-hydrogen) atoms. The van der Waals surface area contributed by atoms with Gasteiger partial charge in [0.05, 0.1) is 12.2 Å². The number of unbranched alkanes of at least 4 members (excludes halogenated alkanes) is 3. The Morgan fingerprint density at radius 1 is 0.969 bits per heavy atom. The Hall–Kier alpha value is -2.74. The largest absolute Gasteiger partial charge is 0.355 e. The number of nitrogens with one attached hydrogen (secondary N) is 1. The number of benzene rings is 2. The van der Waals surface area contributed by atoms with Gasteiger partial charge in [-0.25, -0.2) is 12.8 Å². The SMILES string of the molecule is O=C(CN1C(=O)CC1S(=O)(=O)Cc1ccccc1)NCCCCCCc1ccc(F)cc1. The van der Waals surface area contributed by atoms with E-state index in [0.29, 0.717) is 12.1 Å². The number of carbonyl (C=O) groups is 2. The van der Waals surface area contributed by atoms with Gasteiger partial charge in [0.15, 0.2) is 9.84 Å². The molecule has 8 heteroatoms. The standard InChI is InChI=1S/C24H29FN2O4S/c25-21-13-11-19(12-14-21)8-4-1-2-7-15-26-22(28)17-27-23(29)16-24(27)32(30,31)18-20-9-5-3-6-10-20/h3,5-6,9-14,24H,1-2,4,7-8,15-18H2,(H,26,28). The lowest BCUT2D eigenvalue weighted by molar-refractivity contribution is -0.145. The minimum absolute atomic E-state index is 0.0729. The number of carbonyl (C=O) groups excluding carboxylic acids is 2. The highest BCUT2D eigenvalue weighted by Crippen LogP contribution is 2.26. The fourth-order valence-corrected chi connectivity index (χ4v) is 5.56. The van der Waals surface area contributed by atoms with Crippen LogP contribution in [0.1, 0.15) is 43.2 Å². The van der Waals surface area contributed by atoms with Crippen molar-refractivity contribution in [3.63, 3.8) is 0 Å². The van der Waals surface area contributed by atoms with Crippen molar-refractivity contribution >= 4 is 21.7 Å². The third-order valence-electron chi connectivity index (χ3n) is 5.58. The summed E-state index contributed by atoms with van der Waals surface area (Å²) in [5, 5.41) is 1.83. The Bertz CT molecular complexity index is 1010. The van der Waals surface area contributed by atoms with E-state index in [0.717, 1.165) is 42.6 Å². The van der Waals surface area contributed by atoms with E-state index in [-0.39, 0.29) is 36.4 Å². The van der Waals surface area contributed by atoms with Crippen LogP contribution in [0.15, 0.2) is 54.6 Å². The van der Waals surface area contributed by atoms with Crippen LogP contribution in [0, 0.1) is 5.82 Å². The highest BCUT2D eigenvalue weighted by atomic mass is 32.2. The lowest BCUT2D eigenvalue weighted by Crippen LogP contribution is -2.59. The van der Waals surface area contributed by atoms with Gasteiger partial charge in [0.2, 0.25) is 11.8 Å². The van der Waals surface area contributed by atoms with Crippen molar-refractivity contribution in [2.24, 2.45) is 0 Å². The molecule has 0 spiro atoms. The third-order valence-corrected chi connectivity index (χ3v) is 7.57. The van der Waals surface area contributed by atoms with Crippen LogP contribution in [0.25, 0.3) is 0 Å². The number of hydrogen-bond donors (Lipinski definition) is 1. The molecule has 6 nitrogen and oxygen atoms in total. The van der Waals surface area contributed by atoms with E-state index in [4.69, 9.17) is 0 Å². The maximum atomic E-state index is 12.9. The molecule has 0 radical (unpaired) electrons. The number of β-lactam (4-membered cyclic amide) rings is 1. The molecule has 2 amide bonds.